The number of nitrogens with one attached hydrogen (secondary N) is 1. The Kier molecular flexibility index (Phi) is 3.96. The zero-order chi connectivity index (χ0) is 13.8. The average molecular weight is 264 g/mol. The Hall–Kier alpha value is -2.15. The molecule has 102 valence electrons. The molecule has 1 aliphatic heterocycles. The number of aliphatic carboxylic acids is 1. The number of amides is 1. The summed E-state index contributed by atoms with van der Waals surface area (Å²) in [7, 11) is 0. The molecule has 0 aromatic carbocycles. The first-order chi connectivity index (χ1) is 9.06. The van der Waals surface area contributed by atoms with Gasteiger partial charge in [-0.2, -0.15) is 0 Å². The monoisotopic (exact) mass is 264 g/mol. The van der Waals surface area contributed by atoms with Gasteiger partial charge in [0, 0.05) is 19.3 Å². The first-order valence-electron chi connectivity index (χ1n) is 6.01. The average Bonchev–Trinajstić information content (AvgIpc) is 2.39. The first kappa shape index (κ1) is 13.3. The summed E-state index contributed by atoms with van der Waals surface area (Å²) in [5.74, 6) is -0.343. The summed E-state index contributed by atoms with van der Waals surface area (Å²) in [6.07, 6.45) is 1.84. The fourth-order valence-electron chi connectivity index (χ4n) is 1.90. The number of hydrogen-bond acceptors (Lipinski definition) is 5. The highest BCUT2D eigenvalue weighted by atomic mass is 16.4. The molecular formula is C12H16N4O3. The molecule has 7 nitrogen and oxygen atoms in total. The van der Waals surface area contributed by atoms with E-state index in [4.69, 9.17) is 10.8 Å². The number of anilines is 1. The van der Waals surface area contributed by atoms with E-state index in [1.807, 2.05) is 4.90 Å². The molecule has 2 rings (SSSR count). The highest BCUT2D eigenvalue weighted by Gasteiger charge is 2.17. The molecule has 0 spiro atoms. The van der Waals surface area contributed by atoms with Crippen LogP contribution < -0.4 is 16.0 Å². The standard InChI is InChI=1S/C12H16N4O3/c13-9(12(18)19)5-8-1-2-10(15-6-8)16-4-3-14-11(17)7-16/h1-2,6,9H,3-5,7,13H2,(H,14,17)(H,18,19)/t9-/m0/s1. The molecule has 1 amide bonds. The van der Waals surface area contributed by atoms with Crippen molar-refractivity contribution in [2.75, 3.05) is 24.5 Å². The lowest BCUT2D eigenvalue weighted by atomic mass is 10.1. The van der Waals surface area contributed by atoms with E-state index in [1.165, 1.54) is 0 Å². The molecule has 1 fully saturated rings. The van der Waals surface area contributed by atoms with Gasteiger partial charge in [0.05, 0.1) is 6.54 Å². The molecule has 4 N–H and O–H groups in total. The molecule has 2 heterocycles. The van der Waals surface area contributed by atoms with Gasteiger partial charge in [-0.25, -0.2) is 4.98 Å². The van der Waals surface area contributed by atoms with Crippen LogP contribution in [0.1, 0.15) is 5.56 Å². The largest absolute Gasteiger partial charge is 0.480 e. The highest BCUT2D eigenvalue weighted by molar-refractivity contribution is 5.82. The normalized spacial score (nSPS) is 16.9. The fourth-order valence-corrected chi connectivity index (χ4v) is 1.90. The number of carbonyl (C=O) groups excluding carboxylic acids is 1. The van der Waals surface area contributed by atoms with E-state index < -0.39 is 12.0 Å². The van der Waals surface area contributed by atoms with Gasteiger partial charge in [0.25, 0.3) is 0 Å². The summed E-state index contributed by atoms with van der Waals surface area (Å²) in [6, 6.07) is 2.65. The molecule has 0 saturated carbocycles. The van der Waals surface area contributed by atoms with Gasteiger partial charge < -0.3 is 21.1 Å². The summed E-state index contributed by atoms with van der Waals surface area (Å²) in [5.41, 5.74) is 6.22. The van der Waals surface area contributed by atoms with Crippen molar-refractivity contribution in [1.29, 1.82) is 0 Å². The van der Waals surface area contributed by atoms with Crippen molar-refractivity contribution in [3.8, 4) is 0 Å². The van der Waals surface area contributed by atoms with Crippen LogP contribution in [0, 0.1) is 0 Å². The van der Waals surface area contributed by atoms with Crippen LogP contribution in [-0.2, 0) is 16.0 Å². The van der Waals surface area contributed by atoms with Crippen LogP contribution in [0.5, 0.6) is 0 Å². The van der Waals surface area contributed by atoms with E-state index in [9.17, 15) is 9.59 Å². The third-order valence-electron chi connectivity index (χ3n) is 2.94. The number of aromatic nitrogens is 1. The minimum Gasteiger partial charge on any atom is -0.480 e. The maximum atomic E-state index is 11.3. The van der Waals surface area contributed by atoms with E-state index >= 15 is 0 Å². The van der Waals surface area contributed by atoms with Gasteiger partial charge in [-0.15, -0.1) is 0 Å². The van der Waals surface area contributed by atoms with Gasteiger partial charge in [-0.05, 0) is 18.1 Å². The van der Waals surface area contributed by atoms with Crippen LogP contribution in [0.2, 0.25) is 0 Å². The number of hydrogen-bond donors (Lipinski definition) is 3. The van der Waals surface area contributed by atoms with Crippen molar-refractivity contribution in [3.05, 3.63) is 23.9 Å². The number of nitrogens with two attached hydrogens (primary N) is 1. The molecule has 1 saturated heterocycles. The van der Waals surface area contributed by atoms with Crippen molar-refractivity contribution in [3.63, 3.8) is 0 Å². The van der Waals surface area contributed by atoms with Crippen molar-refractivity contribution >= 4 is 17.7 Å². The van der Waals surface area contributed by atoms with Gasteiger partial charge in [0.1, 0.15) is 11.9 Å². The Morgan fingerprint density at radius 3 is 2.95 bits per heavy atom. The number of carboxylic acids is 1. The second-order valence-electron chi connectivity index (χ2n) is 4.45. The van der Waals surface area contributed by atoms with Gasteiger partial charge >= 0.3 is 5.97 Å². The molecule has 0 bridgehead atoms. The van der Waals surface area contributed by atoms with Gasteiger partial charge in [-0.1, -0.05) is 6.07 Å². The Morgan fingerprint density at radius 2 is 2.37 bits per heavy atom. The molecular weight excluding hydrogens is 248 g/mol. The smallest absolute Gasteiger partial charge is 0.320 e. The predicted octanol–water partition coefficient (Wildman–Crippen LogP) is -1.03. The molecule has 19 heavy (non-hydrogen) atoms. The van der Waals surface area contributed by atoms with Crippen LogP contribution in [0.3, 0.4) is 0 Å². The van der Waals surface area contributed by atoms with E-state index in [2.05, 4.69) is 10.3 Å². The van der Waals surface area contributed by atoms with E-state index in [0.717, 1.165) is 5.56 Å². The quantitative estimate of drug-likeness (QED) is 0.642. The fraction of sp³-hybridized carbons (Fsp3) is 0.417. The van der Waals surface area contributed by atoms with Gasteiger partial charge in [0.2, 0.25) is 5.91 Å². The van der Waals surface area contributed by atoms with Gasteiger partial charge in [0.15, 0.2) is 0 Å². The SMILES string of the molecule is N[C@@H](Cc1ccc(N2CCNC(=O)C2)nc1)C(=O)O. The van der Waals surface area contributed by atoms with Crippen molar-refractivity contribution in [1.82, 2.24) is 10.3 Å². The minimum atomic E-state index is -1.03. The molecule has 0 unspecified atom stereocenters. The summed E-state index contributed by atoms with van der Waals surface area (Å²) in [4.78, 5) is 28.0. The van der Waals surface area contributed by atoms with Crippen LogP contribution in [0.4, 0.5) is 5.82 Å². The van der Waals surface area contributed by atoms with Crippen molar-refractivity contribution < 1.29 is 14.7 Å². The lowest BCUT2D eigenvalue weighted by Gasteiger charge is -2.27. The number of nitrogens with zero attached hydrogens (tertiary/aromatic N) is 2. The van der Waals surface area contributed by atoms with Crippen LogP contribution in [-0.4, -0.2) is 47.6 Å². The maximum Gasteiger partial charge on any atom is 0.320 e. The number of piperazine rings is 1. The van der Waals surface area contributed by atoms with E-state index in [1.54, 1.807) is 18.3 Å². The Morgan fingerprint density at radius 1 is 1.58 bits per heavy atom. The Labute approximate surface area is 110 Å². The number of carbonyl (C=O) groups is 2. The molecule has 7 heteroatoms. The number of pyridine rings is 1. The topological polar surface area (TPSA) is 109 Å². The number of carboxylic acid groups (broad SMARTS) is 1. The predicted molar refractivity (Wildman–Crippen MR) is 68.8 cm³/mol. The number of rotatable bonds is 4. The van der Waals surface area contributed by atoms with E-state index in [0.29, 0.717) is 25.5 Å². The molecule has 1 atom stereocenters. The summed E-state index contributed by atoms with van der Waals surface area (Å²) >= 11 is 0. The van der Waals surface area contributed by atoms with Crippen LogP contribution in [0.25, 0.3) is 0 Å². The highest BCUT2D eigenvalue weighted by Crippen LogP contribution is 2.13. The van der Waals surface area contributed by atoms with Crippen LogP contribution >= 0.6 is 0 Å². The summed E-state index contributed by atoms with van der Waals surface area (Å²) in [6.45, 7) is 1.61. The Balaban J connectivity index is 2.01. The second-order valence-corrected chi connectivity index (χ2v) is 4.45. The Bertz CT molecular complexity index is 474. The lowest BCUT2D eigenvalue weighted by molar-refractivity contribution is -0.138. The lowest BCUT2D eigenvalue weighted by Crippen LogP contribution is -2.48. The molecule has 1 aliphatic rings. The molecule has 1 aromatic heterocycles. The van der Waals surface area contributed by atoms with Gasteiger partial charge in [-0.3, -0.25) is 9.59 Å². The summed E-state index contributed by atoms with van der Waals surface area (Å²) < 4.78 is 0. The molecule has 0 aliphatic carbocycles. The maximum absolute atomic E-state index is 11.3. The molecule has 1 aromatic rings. The zero-order valence-electron chi connectivity index (χ0n) is 10.4. The van der Waals surface area contributed by atoms with Crippen LogP contribution in [0.15, 0.2) is 18.3 Å². The minimum absolute atomic E-state index is 0.0231. The first-order valence-corrected chi connectivity index (χ1v) is 6.01. The second kappa shape index (κ2) is 5.66. The molecule has 0 radical (unpaired) electrons. The third-order valence-corrected chi connectivity index (χ3v) is 2.94. The van der Waals surface area contributed by atoms with E-state index in [-0.39, 0.29) is 12.3 Å². The third kappa shape index (κ3) is 3.41. The summed E-state index contributed by atoms with van der Waals surface area (Å²) in [5, 5.41) is 11.5. The van der Waals surface area contributed by atoms with Crippen molar-refractivity contribution in [2.24, 2.45) is 5.73 Å². The zero-order valence-corrected chi connectivity index (χ0v) is 10.4. The van der Waals surface area contributed by atoms with Crippen molar-refractivity contribution in [2.45, 2.75) is 12.5 Å².